The number of imidazole rings is 1. The zero-order valence-corrected chi connectivity index (χ0v) is 23.2. The first-order valence-corrected chi connectivity index (χ1v) is 15.1. The number of sulfonamides is 1. The zero-order chi connectivity index (χ0) is 26.4. The Bertz CT molecular complexity index is 1680. The fourth-order valence-electron chi connectivity index (χ4n) is 4.20. The van der Waals surface area contributed by atoms with Crippen LogP contribution in [-0.2, 0) is 16.6 Å². The van der Waals surface area contributed by atoms with Crippen LogP contribution >= 0.6 is 22.7 Å². The van der Waals surface area contributed by atoms with Crippen LogP contribution in [0, 0.1) is 0 Å². The van der Waals surface area contributed by atoms with E-state index in [1.807, 2.05) is 23.6 Å². The van der Waals surface area contributed by atoms with Gasteiger partial charge in [-0.25, -0.2) is 22.9 Å². The minimum atomic E-state index is -3.17. The van der Waals surface area contributed by atoms with Crippen LogP contribution in [-0.4, -0.2) is 79.0 Å². The van der Waals surface area contributed by atoms with Gasteiger partial charge in [0.15, 0.2) is 10.9 Å². The molecule has 1 aromatic carbocycles. The maximum atomic E-state index is 11.8. The van der Waals surface area contributed by atoms with Gasteiger partial charge in [-0.2, -0.15) is 4.31 Å². The van der Waals surface area contributed by atoms with E-state index in [9.17, 15) is 8.42 Å². The van der Waals surface area contributed by atoms with E-state index < -0.39 is 10.0 Å². The lowest BCUT2D eigenvalue weighted by atomic mass is 10.2. The molecule has 6 rings (SSSR count). The molecule has 4 aromatic heterocycles. The van der Waals surface area contributed by atoms with Crippen LogP contribution in [0.2, 0.25) is 0 Å². The van der Waals surface area contributed by atoms with Crippen molar-refractivity contribution in [2.24, 2.45) is 0 Å². The third-order valence-electron chi connectivity index (χ3n) is 6.15. The van der Waals surface area contributed by atoms with Crippen molar-refractivity contribution in [1.82, 2.24) is 23.9 Å². The predicted octanol–water partition coefficient (Wildman–Crippen LogP) is 3.34. The smallest absolute Gasteiger partial charge is 0.294 e. The summed E-state index contributed by atoms with van der Waals surface area (Å²) in [7, 11) is -0.0112. The lowest BCUT2D eigenvalue weighted by Gasteiger charge is -2.32. The molecule has 0 radical (unpaired) electrons. The highest BCUT2D eigenvalue weighted by Crippen LogP contribution is 2.38. The van der Waals surface area contributed by atoms with Gasteiger partial charge in [-0.15, -0.1) is 16.4 Å². The number of furan rings is 1. The van der Waals surface area contributed by atoms with E-state index in [2.05, 4.69) is 15.0 Å². The molecule has 0 amide bonds. The Labute approximate surface area is 226 Å². The fraction of sp³-hybridized carbons (Fsp3) is 0.348. The molecule has 38 heavy (non-hydrogen) atoms. The van der Waals surface area contributed by atoms with Gasteiger partial charge in [-0.05, 0) is 17.4 Å². The summed E-state index contributed by atoms with van der Waals surface area (Å²) in [6.45, 7) is 2.36. The van der Waals surface area contributed by atoms with E-state index in [0.29, 0.717) is 64.9 Å². The van der Waals surface area contributed by atoms with Crippen molar-refractivity contribution in [2.45, 2.75) is 6.61 Å². The van der Waals surface area contributed by atoms with Crippen molar-refractivity contribution in [3.8, 4) is 28.1 Å². The number of benzene rings is 1. The van der Waals surface area contributed by atoms with Gasteiger partial charge in [0, 0.05) is 43.7 Å². The second kappa shape index (κ2) is 9.72. The molecular formula is C23H24N6O6S3. The molecule has 5 heterocycles. The standard InChI is InChI=1S/C23H24N6O6S3/c1-32-15-8-18(34-12-14-13-36-21(24-14)27-4-6-28(7-5-27)38(3,30)31)16-10-20(35-19(16)9-15)17-11-29-22(25-17)37-23(26-29)33-2/h8-11,13H,4-7,12H2,1-3H3. The first-order valence-electron chi connectivity index (χ1n) is 11.6. The van der Waals surface area contributed by atoms with E-state index in [1.54, 1.807) is 24.9 Å². The topological polar surface area (TPSA) is 125 Å². The van der Waals surface area contributed by atoms with Gasteiger partial charge in [0.2, 0.25) is 15.0 Å². The van der Waals surface area contributed by atoms with E-state index in [0.717, 1.165) is 16.2 Å². The number of nitrogens with zero attached hydrogens (tertiary/aromatic N) is 6. The summed E-state index contributed by atoms with van der Waals surface area (Å²) in [5.41, 5.74) is 2.04. The van der Waals surface area contributed by atoms with E-state index in [4.69, 9.17) is 23.6 Å². The molecule has 1 aliphatic heterocycles. The number of anilines is 1. The van der Waals surface area contributed by atoms with Crippen LogP contribution in [0.3, 0.4) is 0 Å². The lowest BCUT2D eigenvalue weighted by Crippen LogP contribution is -2.48. The maximum Gasteiger partial charge on any atom is 0.294 e. The van der Waals surface area contributed by atoms with Gasteiger partial charge in [0.25, 0.3) is 5.19 Å². The van der Waals surface area contributed by atoms with Crippen LogP contribution in [0.5, 0.6) is 16.7 Å². The van der Waals surface area contributed by atoms with Gasteiger partial charge in [-0.1, -0.05) is 0 Å². The zero-order valence-electron chi connectivity index (χ0n) is 20.8. The number of thiazole rings is 1. The molecule has 0 aliphatic carbocycles. The van der Waals surface area contributed by atoms with Crippen molar-refractivity contribution in [3.05, 3.63) is 35.5 Å². The monoisotopic (exact) mass is 576 g/mol. The second-order valence-electron chi connectivity index (χ2n) is 8.63. The third kappa shape index (κ3) is 4.77. The average molecular weight is 577 g/mol. The van der Waals surface area contributed by atoms with E-state index in [-0.39, 0.29) is 6.61 Å². The molecule has 1 aliphatic rings. The molecule has 200 valence electrons. The van der Waals surface area contributed by atoms with Crippen LogP contribution in [0.4, 0.5) is 5.13 Å². The number of piperazine rings is 1. The Morgan fingerprint density at radius 3 is 2.61 bits per heavy atom. The van der Waals surface area contributed by atoms with Crippen molar-refractivity contribution in [3.63, 3.8) is 0 Å². The highest BCUT2D eigenvalue weighted by Gasteiger charge is 2.25. The molecule has 12 nitrogen and oxygen atoms in total. The molecule has 15 heteroatoms. The quantitative estimate of drug-likeness (QED) is 0.272. The first-order chi connectivity index (χ1) is 18.3. The molecular weight excluding hydrogens is 552 g/mol. The summed E-state index contributed by atoms with van der Waals surface area (Å²) in [5, 5.41) is 8.44. The van der Waals surface area contributed by atoms with Gasteiger partial charge in [0.1, 0.15) is 29.4 Å². The minimum Gasteiger partial charge on any atom is -0.496 e. The predicted molar refractivity (Wildman–Crippen MR) is 144 cm³/mol. The number of hydrogen-bond donors (Lipinski definition) is 0. The van der Waals surface area contributed by atoms with Gasteiger partial charge >= 0.3 is 0 Å². The summed E-state index contributed by atoms with van der Waals surface area (Å²) >= 11 is 2.86. The molecule has 0 atom stereocenters. The molecule has 1 saturated heterocycles. The summed E-state index contributed by atoms with van der Waals surface area (Å²) in [6.07, 6.45) is 3.03. The molecule has 0 saturated carbocycles. The minimum absolute atomic E-state index is 0.256. The maximum absolute atomic E-state index is 11.8. The highest BCUT2D eigenvalue weighted by atomic mass is 32.2. The summed E-state index contributed by atoms with van der Waals surface area (Å²) in [4.78, 5) is 12.1. The van der Waals surface area contributed by atoms with Crippen molar-refractivity contribution in [1.29, 1.82) is 0 Å². The van der Waals surface area contributed by atoms with Crippen molar-refractivity contribution >= 4 is 53.8 Å². The fourth-order valence-corrected chi connectivity index (χ4v) is 6.59. The lowest BCUT2D eigenvalue weighted by molar-refractivity contribution is 0.303. The Balaban J connectivity index is 1.20. The van der Waals surface area contributed by atoms with Gasteiger partial charge in [-0.3, -0.25) is 0 Å². The van der Waals surface area contributed by atoms with E-state index >= 15 is 0 Å². The normalized spacial score (nSPS) is 15.0. The van der Waals surface area contributed by atoms with Crippen LogP contribution < -0.4 is 19.1 Å². The molecule has 0 bridgehead atoms. The molecule has 5 aromatic rings. The van der Waals surface area contributed by atoms with Crippen molar-refractivity contribution < 1.29 is 27.0 Å². The number of methoxy groups -OCH3 is 2. The van der Waals surface area contributed by atoms with Crippen LogP contribution in [0.1, 0.15) is 5.69 Å². The Morgan fingerprint density at radius 1 is 1.08 bits per heavy atom. The summed E-state index contributed by atoms with van der Waals surface area (Å²) < 4.78 is 49.6. The molecule has 0 unspecified atom stereocenters. The average Bonchev–Trinajstić information content (AvgIpc) is 3.69. The molecule has 1 fully saturated rings. The summed E-state index contributed by atoms with van der Waals surface area (Å²) in [6, 6.07) is 5.52. The van der Waals surface area contributed by atoms with Crippen LogP contribution in [0.25, 0.3) is 27.4 Å². The Kier molecular flexibility index (Phi) is 6.37. The van der Waals surface area contributed by atoms with E-state index in [1.165, 1.54) is 33.2 Å². The molecule has 0 N–H and O–H groups in total. The molecule has 0 spiro atoms. The SMILES string of the molecule is COc1cc(OCc2csc(N3CCN(S(C)(=O)=O)CC3)n2)c2cc(-c3cn4nc(OC)sc4n3)oc2c1. The number of rotatable bonds is 8. The number of ether oxygens (including phenoxy) is 3. The Hall–Kier alpha value is -3.40. The largest absolute Gasteiger partial charge is 0.496 e. The van der Waals surface area contributed by atoms with Crippen LogP contribution in [0.15, 0.2) is 34.2 Å². The third-order valence-corrected chi connectivity index (χ3v) is 9.29. The van der Waals surface area contributed by atoms with Crippen molar-refractivity contribution in [2.75, 3.05) is 51.6 Å². The second-order valence-corrected chi connectivity index (χ2v) is 12.4. The number of aromatic nitrogens is 4. The number of hydrogen-bond acceptors (Lipinski definition) is 12. The van der Waals surface area contributed by atoms with Gasteiger partial charge < -0.3 is 23.5 Å². The number of fused-ring (bicyclic) bond motifs is 2. The first kappa shape index (κ1) is 24.9. The summed E-state index contributed by atoms with van der Waals surface area (Å²) in [5.74, 6) is 1.79. The highest BCUT2D eigenvalue weighted by molar-refractivity contribution is 7.88. The van der Waals surface area contributed by atoms with Gasteiger partial charge in [0.05, 0.1) is 37.8 Å². The Morgan fingerprint density at radius 2 is 1.89 bits per heavy atom.